The van der Waals surface area contributed by atoms with Gasteiger partial charge in [0.05, 0.1) is 5.69 Å². The van der Waals surface area contributed by atoms with Gasteiger partial charge in [0.1, 0.15) is 0 Å². The van der Waals surface area contributed by atoms with Crippen LogP contribution in [-0.4, -0.2) is 24.9 Å². The van der Waals surface area contributed by atoms with Gasteiger partial charge in [-0.15, -0.1) is 0 Å². The van der Waals surface area contributed by atoms with Crippen LogP contribution in [0.25, 0.3) is 11.1 Å². The van der Waals surface area contributed by atoms with Crippen molar-refractivity contribution in [2.45, 2.75) is 26.7 Å². The SMILES string of the molecule is CC(=O)c1cc(-c2cccnc2C(C)C)ccc1N(C)C. The van der Waals surface area contributed by atoms with Crippen LogP contribution in [0.2, 0.25) is 0 Å². The second kappa shape index (κ2) is 6.08. The van der Waals surface area contributed by atoms with Crippen molar-refractivity contribution in [1.82, 2.24) is 4.98 Å². The molecule has 0 aliphatic heterocycles. The highest BCUT2D eigenvalue weighted by atomic mass is 16.1. The largest absolute Gasteiger partial charge is 0.377 e. The fourth-order valence-electron chi connectivity index (χ4n) is 2.50. The van der Waals surface area contributed by atoms with E-state index in [4.69, 9.17) is 0 Å². The number of hydrogen-bond acceptors (Lipinski definition) is 3. The summed E-state index contributed by atoms with van der Waals surface area (Å²) < 4.78 is 0. The second-order valence-corrected chi connectivity index (χ2v) is 5.77. The normalized spacial score (nSPS) is 10.8. The first-order chi connectivity index (χ1) is 9.91. The molecule has 0 N–H and O–H groups in total. The van der Waals surface area contributed by atoms with Crippen molar-refractivity contribution in [3.05, 3.63) is 47.8 Å². The van der Waals surface area contributed by atoms with Crippen LogP contribution in [0.4, 0.5) is 5.69 Å². The van der Waals surface area contributed by atoms with E-state index < -0.39 is 0 Å². The highest BCUT2D eigenvalue weighted by Crippen LogP contribution is 2.31. The monoisotopic (exact) mass is 282 g/mol. The van der Waals surface area contributed by atoms with E-state index in [2.05, 4.69) is 31.0 Å². The Morgan fingerprint density at radius 3 is 2.48 bits per heavy atom. The molecule has 0 saturated carbocycles. The Balaban J connectivity index is 2.61. The van der Waals surface area contributed by atoms with E-state index in [-0.39, 0.29) is 5.78 Å². The van der Waals surface area contributed by atoms with Crippen molar-refractivity contribution in [3.8, 4) is 11.1 Å². The van der Waals surface area contributed by atoms with E-state index in [1.54, 1.807) is 6.92 Å². The third-order valence-electron chi connectivity index (χ3n) is 3.55. The van der Waals surface area contributed by atoms with Gasteiger partial charge in [0.2, 0.25) is 0 Å². The van der Waals surface area contributed by atoms with Crippen LogP contribution in [-0.2, 0) is 0 Å². The standard InChI is InChI=1S/C18H22N2O/c1-12(2)18-15(7-6-10-19-18)14-8-9-17(20(4)5)16(11-14)13(3)21/h6-12H,1-5H3. The highest BCUT2D eigenvalue weighted by Gasteiger charge is 2.14. The lowest BCUT2D eigenvalue weighted by atomic mass is 9.95. The van der Waals surface area contributed by atoms with Crippen LogP contribution in [0.5, 0.6) is 0 Å². The maximum absolute atomic E-state index is 11.9. The molecule has 0 aliphatic carbocycles. The minimum Gasteiger partial charge on any atom is -0.377 e. The third kappa shape index (κ3) is 3.13. The summed E-state index contributed by atoms with van der Waals surface area (Å²) in [6.07, 6.45) is 1.82. The van der Waals surface area contributed by atoms with Gasteiger partial charge in [0, 0.05) is 37.1 Å². The van der Waals surface area contributed by atoms with E-state index in [1.807, 2.05) is 43.4 Å². The van der Waals surface area contributed by atoms with Crippen LogP contribution >= 0.6 is 0 Å². The van der Waals surface area contributed by atoms with Crippen LogP contribution in [0.15, 0.2) is 36.5 Å². The summed E-state index contributed by atoms with van der Waals surface area (Å²) in [5.74, 6) is 0.422. The number of benzene rings is 1. The molecule has 1 aromatic carbocycles. The Hall–Kier alpha value is -2.16. The van der Waals surface area contributed by atoms with Gasteiger partial charge in [0.15, 0.2) is 5.78 Å². The van der Waals surface area contributed by atoms with Crippen molar-refractivity contribution in [3.63, 3.8) is 0 Å². The third-order valence-corrected chi connectivity index (χ3v) is 3.55. The van der Waals surface area contributed by atoms with E-state index in [1.165, 1.54) is 0 Å². The van der Waals surface area contributed by atoms with Crippen LogP contribution in [0, 0.1) is 0 Å². The van der Waals surface area contributed by atoms with Gasteiger partial charge in [-0.3, -0.25) is 9.78 Å². The summed E-state index contributed by atoms with van der Waals surface area (Å²) in [7, 11) is 3.90. The van der Waals surface area contributed by atoms with Gasteiger partial charge in [-0.1, -0.05) is 26.0 Å². The maximum Gasteiger partial charge on any atom is 0.161 e. The fraction of sp³-hybridized carbons (Fsp3) is 0.333. The molecule has 3 nitrogen and oxygen atoms in total. The van der Waals surface area contributed by atoms with Crippen molar-refractivity contribution in [1.29, 1.82) is 0 Å². The topological polar surface area (TPSA) is 33.2 Å². The fourth-order valence-corrected chi connectivity index (χ4v) is 2.50. The molecule has 3 heteroatoms. The maximum atomic E-state index is 11.9. The molecular weight excluding hydrogens is 260 g/mol. The quantitative estimate of drug-likeness (QED) is 0.790. The van der Waals surface area contributed by atoms with Crippen LogP contribution in [0.1, 0.15) is 42.7 Å². The minimum absolute atomic E-state index is 0.0792. The summed E-state index contributed by atoms with van der Waals surface area (Å²) in [6.45, 7) is 5.87. The van der Waals surface area contributed by atoms with Gasteiger partial charge in [-0.05, 0) is 36.6 Å². The Labute approximate surface area is 126 Å². The molecule has 0 aliphatic rings. The number of carbonyl (C=O) groups excluding carboxylic acids is 1. The second-order valence-electron chi connectivity index (χ2n) is 5.77. The van der Waals surface area contributed by atoms with E-state index in [0.717, 1.165) is 28.1 Å². The van der Waals surface area contributed by atoms with Crippen molar-refractivity contribution in [2.75, 3.05) is 19.0 Å². The Kier molecular flexibility index (Phi) is 4.41. The number of rotatable bonds is 4. The molecule has 2 rings (SSSR count). The zero-order valence-electron chi connectivity index (χ0n) is 13.3. The molecular formula is C18H22N2O. The molecule has 1 aromatic heterocycles. The average molecular weight is 282 g/mol. The molecule has 21 heavy (non-hydrogen) atoms. The Morgan fingerprint density at radius 1 is 1.19 bits per heavy atom. The highest BCUT2D eigenvalue weighted by molar-refractivity contribution is 6.01. The Bertz CT molecular complexity index is 660. The van der Waals surface area contributed by atoms with Crippen molar-refractivity contribution < 1.29 is 4.79 Å². The van der Waals surface area contributed by atoms with Crippen molar-refractivity contribution in [2.24, 2.45) is 0 Å². The number of ketones is 1. The predicted molar refractivity (Wildman–Crippen MR) is 88.1 cm³/mol. The first kappa shape index (κ1) is 15.2. The lowest BCUT2D eigenvalue weighted by molar-refractivity contribution is 0.101. The predicted octanol–water partition coefficient (Wildman–Crippen LogP) is 4.14. The number of Topliss-reactive ketones (excluding diaryl/α,β-unsaturated/α-hetero) is 1. The summed E-state index contributed by atoms with van der Waals surface area (Å²) in [5, 5.41) is 0. The molecule has 110 valence electrons. The zero-order chi connectivity index (χ0) is 15.6. The lowest BCUT2D eigenvalue weighted by Crippen LogP contribution is -2.13. The molecule has 0 saturated heterocycles. The van der Waals surface area contributed by atoms with Crippen LogP contribution < -0.4 is 4.90 Å². The molecule has 0 spiro atoms. The lowest BCUT2D eigenvalue weighted by Gasteiger charge is -2.18. The minimum atomic E-state index is 0.0792. The molecule has 0 bridgehead atoms. The molecule has 0 fully saturated rings. The van der Waals surface area contributed by atoms with E-state index in [0.29, 0.717) is 5.92 Å². The zero-order valence-corrected chi connectivity index (χ0v) is 13.3. The van der Waals surface area contributed by atoms with E-state index in [9.17, 15) is 4.79 Å². The molecule has 0 amide bonds. The number of carbonyl (C=O) groups is 1. The molecule has 1 heterocycles. The summed E-state index contributed by atoms with van der Waals surface area (Å²) in [6, 6.07) is 10.0. The first-order valence-corrected chi connectivity index (χ1v) is 7.19. The first-order valence-electron chi connectivity index (χ1n) is 7.19. The number of hydrogen-bond donors (Lipinski definition) is 0. The molecule has 0 atom stereocenters. The Morgan fingerprint density at radius 2 is 1.90 bits per heavy atom. The van der Waals surface area contributed by atoms with Gasteiger partial charge in [-0.2, -0.15) is 0 Å². The van der Waals surface area contributed by atoms with Gasteiger partial charge >= 0.3 is 0 Å². The number of pyridine rings is 1. The number of nitrogens with zero attached hydrogens (tertiary/aromatic N) is 2. The summed E-state index contributed by atoms with van der Waals surface area (Å²) >= 11 is 0. The molecule has 2 aromatic rings. The van der Waals surface area contributed by atoms with E-state index >= 15 is 0 Å². The summed E-state index contributed by atoms with van der Waals surface area (Å²) in [5.41, 5.74) is 4.89. The van der Waals surface area contributed by atoms with Crippen molar-refractivity contribution >= 4 is 11.5 Å². The van der Waals surface area contributed by atoms with Gasteiger partial charge in [0.25, 0.3) is 0 Å². The smallest absolute Gasteiger partial charge is 0.161 e. The molecule has 0 unspecified atom stereocenters. The van der Waals surface area contributed by atoms with Gasteiger partial charge in [-0.25, -0.2) is 0 Å². The molecule has 0 radical (unpaired) electrons. The summed E-state index contributed by atoms with van der Waals surface area (Å²) in [4.78, 5) is 18.4. The number of aromatic nitrogens is 1. The number of anilines is 1. The van der Waals surface area contributed by atoms with Gasteiger partial charge < -0.3 is 4.90 Å². The average Bonchev–Trinajstić information content (AvgIpc) is 2.46. The van der Waals surface area contributed by atoms with Crippen LogP contribution in [0.3, 0.4) is 0 Å².